The highest BCUT2D eigenvalue weighted by Crippen LogP contribution is 2.33. The number of nitrogens with zero attached hydrogens (tertiary/aromatic N) is 2. The predicted molar refractivity (Wildman–Crippen MR) is 121 cm³/mol. The van der Waals surface area contributed by atoms with Gasteiger partial charge in [0.1, 0.15) is 6.07 Å². The van der Waals surface area contributed by atoms with Gasteiger partial charge in [0, 0.05) is 23.7 Å². The fourth-order valence-electron chi connectivity index (χ4n) is 3.63. The van der Waals surface area contributed by atoms with Crippen molar-refractivity contribution in [2.45, 2.75) is 32.6 Å². The minimum atomic E-state index is -0.652. The third-order valence-corrected chi connectivity index (χ3v) is 5.79. The van der Waals surface area contributed by atoms with Crippen LogP contribution in [-0.4, -0.2) is 30.9 Å². The van der Waals surface area contributed by atoms with Crippen molar-refractivity contribution in [2.24, 2.45) is 5.92 Å². The van der Waals surface area contributed by atoms with Crippen LogP contribution in [0.25, 0.3) is 0 Å². The van der Waals surface area contributed by atoms with Crippen LogP contribution in [0, 0.1) is 17.2 Å². The maximum Gasteiger partial charge on any atom is 0.311 e. The molecule has 0 spiro atoms. The Morgan fingerprint density at radius 2 is 2.06 bits per heavy atom. The number of amides is 2. The molecule has 32 heavy (non-hydrogen) atoms. The molecule has 1 heterocycles. The van der Waals surface area contributed by atoms with Crippen molar-refractivity contribution in [3.63, 3.8) is 0 Å². The van der Waals surface area contributed by atoms with Crippen LogP contribution in [0.4, 0.5) is 11.4 Å². The number of anilines is 2. The lowest BCUT2D eigenvalue weighted by atomic mass is 9.96. The number of carbonyl (C=O) groups excluding carboxylic acids is 3. The highest BCUT2D eigenvalue weighted by Gasteiger charge is 2.37. The van der Waals surface area contributed by atoms with Crippen LogP contribution in [-0.2, 0) is 19.1 Å². The molecule has 1 N–H and O–H groups in total. The molecule has 2 amide bonds. The highest BCUT2D eigenvalue weighted by atomic mass is 35.5. The highest BCUT2D eigenvalue weighted by molar-refractivity contribution is 6.31. The molecule has 0 radical (unpaired) electrons. The van der Waals surface area contributed by atoms with E-state index in [1.807, 2.05) is 30.3 Å². The molecule has 0 bridgehead atoms. The van der Waals surface area contributed by atoms with E-state index >= 15 is 0 Å². The summed E-state index contributed by atoms with van der Waals surface area (Å²) in [6.45, 7) is 3.87. The van der Waals surface area contributed by atoms with E-state index in [2.05, 4.69) is 19.2 Å². The second kappa shape index (κ2) is 10.3. The van der Waals surface area contributed by atoms with Gasteiger partial charge in [-0.15, -0.1) is 0 Å². The van der Waals surface area contributed by atoms with E-state index in [-0.39, 0.29) is 36.0 Å². The zero-order valence-electron chi connectivity index (χ0n) is 17.9. The Hall–Kier alpha value is -3.37. The Bertz CT molecular complexity index is 1080. The molecule has 2 unspecified atom stereocenters. The molecule has 1 saturated heterocycles. The van der Waals surface area contributed by atoms with Gasteiger partial charge in [-0.3, -0.25) is 14.4 Å². The van der Waals surface area contributed by atoms with Crippen LogP contribution in [0.1, 0.15) is 43.7 Å². The fourth-order valence-corrected chi connectivity index (χ4v) is 3.80. The smallest absolute Gasteiger partial charge is 0.311 e. The average Bonchev–Trinajstić information content (AvgIpc) is 3.18. The van der Waals surface area contributed by atoms with Crippen molar-refractivity contribution in [1.29, 1.82) is 5.26 Å². The van der Waals surface area contributed by atoms with E-state index < -0.39 is 24.4 Å². The van der Waals surface area contributed by atoms with E-state index in [9.17, 15) is 14.4 Å². The van der Waals surface area contributed by atoms with Crippen LogP contribution < -0.4 is 10.2 Å². The van der Waals surface area contributed by atoms with Crippen molar-refractivity contribution in [2.75, 3.05) is 23.4 Å². The first-order chi connectivity index (χ1) is 15.3. The molecule has 0 aromatic heterocycles. The lowest BCUT2D eigenvalue weighted by molar-refractivity contribution is -0.151. The van der Waals surface area contributed by atoms with E-state index in [0.29, 0.717) is 5.02 Å². The first-order valence-electron chi connectivity index (χ1n) is 10.4. The number of hydrogen-bond donors (Lipinski definition) is 1. The molecular weight excluding hydrogens is 430 g/mol. The molecular formula is C24H24ClN3O4. The Labute approximate surface area is 191 Å². The van der Waals surface area contributed by atoms with Gasteiger partial charge < -0.3 is 15.0 Å². The van der Waals surface area contributed by atoms with Crippen molar-refractivity contribution < 1.29 is 19.1 Å². The van der Waals surface area contributed by atoms with Gasteiger partial charge >= 0.3 is 5.97 Å². The lowest BCUT2D eigenvalue weighted by Gasteiger charge is -2.23. The van der Waals surface area contributed by atoms with Crippen LogP contribution in [0.2, 0.25) is 5.02 Å². The molecule has 7 nitrogen and oxygen atoms in total. The van der Waals surface area contributed by atoms with Crippen molar-refractivity contribution in [3.05, 3.63) is 58.6 Å². The van der Waals surface area contributed by atoms with Gasteiger partial charge in [0.2, 0.25) is 5.91 Å². The summed E-state index contributed by atoms with van der Waals surface area (Å²) in [4.78, 5) is 39.0. The molecule has 166 valence electrons. The van der Waals surface area contributed by atoms with Gasteiger partial charge in [-0.25, -0.2) is 0 Å². The van der Waals surface area contributed by atoms with E-state index in [1.54, 1.807) is 4.90 Å². The summed E-state index contributed by atoms with van der Waals surface area (Å²) >= 11 is 5.91. The van der Waals surface area contributed by atoms with Gasteiger partial charge in [0.15, 0.2) is 6.61 Å². The van der Waals surface area contributed by atoms with Gasteiger partial charge in [-0.2, -0.15) is 5.26 Å². The Kier molecular flexibility index (Phi) is 7.49. The van der Waals surface area contributed by atoms with Gasteiger partial charge in [-0.05, 0) is 42.2 Å². The van der Waals surface area contributed by atoms with Crippen molar-refractivity contribution >= 4 is 40.8 Å². The quantitative estimate of drug-likeness (QED) is 0.631. The first-order valence-corrected chi connectivity index (χ1v) is 10.8. The van der Waals surface area contributed by atoms with E-state index in [4.69, 9.17) is 21.6 Å². The average molecular weight is 454 g/mol. The molecule has 3 rings (SSSR count). The van der Waals surface area contributed by atoms with Crippen molar-refractivity contribution in [3.8, 4) is 6.07 Å². The molecule has 0 aliphatic carbocycles. The number of para-hydroxylation sites is 1. The molecule has 2 aromatic carbocycles. The van der Waals surface area contributed by atoms with Crippen LogP contribution in [0.3, 0.4) is 0 Å². The number of nitrogens with one attached hydrogen (secondary N) is 1. The third-order valence-electron chi connectivity index (χ3n) is 5.55. The molecule has 0 saturated carbocycles. The summed E-state index contributed by atoms with van der Waals surface area (Å²) < 4.78 is 5.15. The largest absolute Gasteiger partial charge is 0.455 e. The standard InChI is InChI=1S/C24H24ClN3O4/c1-3-15(2)19-6-4-5-7-21(19)28-13-17(10-23(28)30)24(31)32-14-22(29)27-20-11-18(25)9-8-16(20)12-26/h4-9,11,15,17H,3,10,13-14H2,1-2H3,(H,27,29). The zero-order valence-corrected chi connectivity index (χ0v) is 18.7. The number of hydrogen-bond acceptors (Lipinski definition) is 5. The molecule has 1 fully saturated rings. The molecule has 1 aliphatic rings. The summed E-state index contributed by atoms with van der Waals surface area (Å²) in [5, 5.41) is 12.0. The maximum absolute atomic E-state index is 12.6. The minimum absolute atomic E-state index is 0.0299. The topological polar surface area (TPSA) is 99.5 Å². The summed E-state index contributed by atoms with van der Waals surface area (Å²) in [5.74, 6) is -1.73. The van der Waals surface area contributed by atoms with Gasteiger partial charge in [-0.1, -0.05) is 43.6 Å². The molecule has 2 aromatic rings. The first kappa shape index (κ1) is 23.3. The lowest BCUT2D eigenvalue weighted by Crippen LogP contribution is -2.29. The Morgan fingerprint density at radius 3 is 2.78 bits per heavy atom. The number of halogens is 1. The zero-order chi connectivity index (χ0) is 23.3. The summed E-state index contributed by atoms with van der Waals surface area (Å²) in [5.41, 5.74) is 2.35. The predicted octanol–water partition coefficient (Wildman–Crippen LogP) is 4.26. The monoisotopic (exact) mass is 453 g/mol. The maximum atomic E-state index is 12.6. The van der Waals surface area contributed by atoms with Crippen LogP contribution >= 0.6 is 11.6 Å². The summed E-state index contributed by atoms with van der Waals surface area (Å²) in [6.07, 6.45) is 0.960. The SMILES string of the molecule is CCC(C)c1ccccc1N1CC(C(=O)OCC(=O)Nc2cc(Cl)ccc2C#N)CC1=O. The number of rotatable bonds is 7. The third kappa shape index (κ3) is 5.27. The normalized spacial score (nSPS) is 16.4. The number of esters is 1. The van der Waals surface area contributed by atoms with Gasteiger partial charge in [0.05, 0.1) is 17.2 Å². The second-order valence-corrected chi connectivity index (χ2v) is 8.17. The Morgan fingerprint density at radius 1 is 1.31 bits per heavy atom. The molecule has 2 atom stereocenters. The van der Waals surface area contributed by atoms with Gasteiger partial charge in [0.25, 0.3) is 5.91 Å². The summed E-state index contributed by atoms with van der Waals surface area (Å²) in [7, 11) is 0. The molecule has 1 aliphatic heterocycles. The number of nitriles is 1. The van der Waals surface area contributed by atoms with Crippen LogP contribution in [0.15, 0.2) is 42.5 Å². The molecule has 8 heteroatoms. The van der Waals surface area contributed by atoms with E-state index in [1.165, 1.54) is 18.2 Å². The second-order valence-electron chi connectivity index (χ2n) is 7.73. The Balaban J connectivity index is 1.61. The van der Waals surface area contributed by atoms with Crippen LogP contribution in [0.5, 0.6) is 0 Å². The summed E-state index contributed by atoms with van der Waals surface area (Å²) in [6, 6.07) is 14.1. The van der Waals surface area contributed by atoms with Crippen molar-refractivity contribution in [1.82, 2.24) is 0 Å². The number of benzene rings is 2. The number of carbonyl (C=O) groups is 3. The number of ether oxygens (including phenoxy) is 1. The fraction of sp³-hybridized carbons (Fsp3) is 0.333. The van der Waals surface area contributed by atoms with E-state index in [0.717, 1.165) is 17.7 Å². The minimum Gasteiger partial charge on any atom is -0.455 e.